The first kappa shape index (κ1) is 13.3. The zero-order chi connectivity index (χ0) is 14.1. The lowest BCUT2D eigenvalue weighted by molar-refractivity contribution is 0.257. The molecule has 2 aromatic carbocycles. The van der Waals surface area contributed by atoms with E-state index in [1.807, 2.05) is 12.1 Å². The Morgan fingerprint density at radius 1 is 1.05 bits per heavy atom. The molecule has 0 bridgehead atoms. The van der Waals surface area contributed by atoms with Gasteiger partial charge < -0.3 is 5.32 Å². The normalized spacial score (nSPS) is 13.2. The molecule has 1 aliphatic rings. The maximum atomic E-state index is 12.3. The number of halogens is 2. The van der Waals surface area contributed by atoms with E-state index in [4.69, 9.17) is 23.2 Å². The van der Waals surface area contributed by atoms with Crippen molar-refractivity contribution in [2.75, 3.05) is 16.8 Å². The van der Waals surface area contributed by atoms with Crippen LogP contribution in [0.5, 0.6) is 0 Å². The van der Waals surface area contributed by atoms with Crippen LogP contribution in [0.15, 0.2) is 42.5 Å². The molecule has 1 aliphatic heterocycles. The average Bonchev–Trinajstić information content (AvgIpc) is 2.84. The quantitative estimate of drug-likeness (QED) is 0.821. The topological polar surface area (TPSA) is 32.3 Å². The second kappa shape index (κ2) is 5.35. The number of benzene rings is 2. The van der Waals surface area contributed by atoms with Crippen LogP contribution in [0.3, 0.4) is 0 Å². The lowest BCUT2D eigenvalue weighted by Gasteiger charge is -2.18. The third-order valence-corrected chi connectivity index (χ3v) is 3.76. The molecule has 0 saturated carbocycles. The van der Waals surface area contributed by atoms with Gasteiger partial charge in [0.15, 0.2) is 0 Å². The molecule has 0 radical (unpaired) electrons. The van der Waals surface area contributed by atoms with Gasteiger partial charge in [0.1, 0.15) is 0 Å². The van der Waals surface area contributed by atoms with E-state index in [1.54, 1.807) is 35.2 Å². The maximum Gasteiger partial charge on any atom is 0.326 e. The van der Waals surface area contributed by atoms with Gasteiger partial charge in [-0.2, -0.15) is 0 Å². The second-order valence-corrected chi connectivity index (χ2v) is 5.48. The number of fused-ring (bicyclic) bond motifs is 1. The zero-order valence-electron chi connectivity index (χ0n) is 10.6. The van der Waals surface area contributed by atoms with Crippen LogP contribution in [0.1, 0.15) is 5.56 Å². The molecule has 0 unspecified atom stereocenters. The summed E-state index contributed by atoms with van der Waals surface area (Å²) < 4.78 is 0. The molecule has 1 N–H and O–H groups in total. The number of hydrogen-bond donors (Lipinski definition) is 1. The number of carbonyl (C=O) groups is 1. The first-order valence-electron chi connectivity index (χ1n) is 6.26. The van der Waals surface area contributed by atoms with Crippen molar-refractivity contribution in [2.45, 2.75) is 6.42 Å². The van der Waals surface area contributed by atoms with E-state index in [0.717, 1.165) is 23.4 Å². The molecule has 0 saturated heterocycles. The van der Waals surface area contributed by atoms with Gasteiger partial charge in [0.25, 0.3) is 0 Å². The molecular weight excluding hydrogens is 295 g/mol. The predicted molar refractivity (Wildman–Crippen MR) is 83.0 cm³/mol. The summed E-state index contributed by atoms with van der Waals surface area (Å²) in [7, 11) is 0. The maximum absolute atomic E-state index is 12.3. The van der Waals surface area contributed by atoms with Crippen molar-refractivity contribution >= 4 is 40.6 Å². The van der Waals surface area contributed by atoms with Crippen LogP contribution in [-0.4, -0.2) is 12.6 Å². The minimum absolute atomic E-state index is 0.145. The highest BCUT2D eigenvalue weighted by Gasteiger charge is 2.24. The minimum Gasteiger partial charge on any atom is -0.308 e. The molecule has 3 nitrogen and oxygen atoms in total. The van der Waals surface area contributed by atoms with Crippen molar-refractivity contribution in [3.8, 4) is 0 Å². The van der Waals surface area contributed by atoms with E-state index in [2.05, 4.69) is 5.32 Å². The molecule has 2 aromatic rings. The summed E-state index contributed by atoms with van der Waals surface area (Å²) in [5, 5.41) is 4.20. The van der Waals surface area contributed by atoms with E-state index in [0.29, 0.717) is 16.6 Å². The van der Waals surface area contributed by atoms with E-state index in [9.17, 15) is 4.79 Å². The van der Waals surface area contributed by atoms with Crippen LogP contribution in [0.2, 0.25) is 10.0 Å². The van der Waals surface area contributed by atoms with Crippen molar-refractivity contribution in [3.05, 3.63) is 58.1 Å². The number of anilines is 2. The zero-order valence-corrected chi connectivity index (χ0v) is 12.1. The Bertz CT molecular complexity index is 655. The second-order valence-electron chi connectivity index (χ2n) is 4.61. The van der Waals surface area contributed by atoms with Crippen molar-refractivity contribution in [3.63, 3.8) is 0 Å². The summed E-state index contributed by atoms with van der Waals surface area (Å²) in [5.74, 6) is 0. The summed E-state index contributed by atoms with van der Waals surface area (Å²) >= 11 is 11.8. The van der Waals surface area contributed by atoms with Crippen LogP contribution in [-0.2, 0) is 6.42 Å². The van der Waals surface area contributed by atoms with Gasteiger partial charge in [-0.25, -0.2) is 4.79 Å². The number of amides is 2. The molecule has 0 atom stereocenters. The Labute approximate surface area is 127 Å². The van der Waals surface area contributed by atoms with E-state index in [1.165, 1.54) is 0 Å². The lowest BCUT2D eigenvalue weighted by Crippen LogP contribution is -2.33. The van der Waals surface area contributed by atoms with Crippen LogP contribution in [0.25, 0.3) is 0 Å². The molecule has 102 valence electrons. The van der Waals surface area contributed by atoms with Gasteiger partial charge in [-0.15, -0.1) is 0 Å². The first-order chi connectivity index (χ1) is 9.63. The molecule has 5 heteroatoms. The Morgan fingerprint density at radius 3 is 2.50 bits per heavy atom. The molecule has 0 aliphatic carbocycles. The number of carbonyl (C=O) groups excluding carboxylic acids is 1. The van der Waals surface area contributed by atoms with Gasteiger partial charge in [-0.1, -0.05) is 23.2 Å². The number of hydrogen-bond acceptors (Lipinski definition) is 1. The monoisotopic (exact) mass is 306 g/mol. The fraction of sp³-hybridized carbons (Fsp3) is 0.133. The molecule has 0 fully saturated rings. The van der Waals surface area contributed by atoms with Gasteiger partial charge in [0.05, 0.1) is 0 Å². The van der Waals surface area contributed by atoms with E-state index < -0.39 is 0 Å². The van der Waals surface area contributed by atoms with Crippen LogP contribution in [0, 0.1) is 0 Å². The molecular formula is C15H12Cl2N2O. The Kier molecular flexibility index (Phi) is 3.55. The molecule has 0 aromatic heterocycles. The summed E-state index contributed by atoms with van der Waals surface area (Å²) in [4.78, 5) is 14.0. The standard InChI is InChI=1S/C15H12Cl2N2O/c16-11-1-4-13(5-2-11)18-15(20)19-8-7-10-9-12(17)3-6-14(10)19/h1-6,9H,7-8H2,(H,18,20). The molecule has 2 amide bonds. The van der Waals surface area contributed by atoms with Gasteiger partial charge in [-0.3, -0.25) is 4.90 Å². The summed E-state index contributed by atoms with van der Waals surface area (Å²) in [6.45, 7) is 0.662. The predicted octanol–water partition coefficient (Wildman–Crippen LogP) is 4.59. The Morgan fingerprint density at radius 2 is 1.75 bits per heavy atom. The molecule has 3 rings (SSSR count). The van der Waals surface area contributed by atoms with Crippen LogP contribution in [0.4, 0.5) is 16.2 Å². The number of rotatable bonds is 1. The fourth-order valence-electron chi connectivity index (χ4n) is 2.31. The third kappa shape index (κ3) is 2.60. The smallest absolute Gasteiger partial charge is 0.308 e. The number of urea groups is 1. The van der Waals surface area contributed by atoms with Crippen molar-refractivity contribution in [2.24, 2.45) is 0 Å². The van der Waals surface area contributed by atoms with Crippen molar-refractivity contribution in [1.82, 2.24) is 0 Å². The van der Waals surface area contributed by atoms with Gasteiger partial charge in [-0.05, 0) is 54.4 Å². The molecule has 0 spiro atoms. The summed E-state index contributed by atoms with van der Waals surface area (Å²) in [5.41, 5.74) is 2.74. The van der Waals surface area contributed by atoms with Gasteiger partial charge >= 0.3 is 6.03 Å². The largest absolute Gasteiger partial charge is 0.326 e. The van der Waals surface area contributed by atoms with Gasteiger partial charge in [0, 0.05) is 28.0 Å². The summed E-state index contributed by atoms with van der Waals surface area (Å²) in [6, 6.07) is 12.5. The van der Waals surface area contributed by atoms with Gasteiger partial charge in [0.2, 0.25) is 0 Å². The highest BCUT2D eigenvalue weighted by molar-refractivity contribution is 6.31. The van der Waals surface area contributed by atoms with E-state index in [-0.39, 0.29) is 6.03 Å². The summed E-state index contributed by atoms with van der Waals surface area (Å²) in [6.07, 6.45) is 0.823. The Hall–Kier alpha value is -1.71. The van der Waals surface area contributed by atoms with E-state index >= 15 is 0 Å². The van der Waals surface area contributed by atoms with Crippen molar-refractivity contribution < 1.29 is 4.79 Å². The number of nitrogens with one attached hydrogen (secondary N) is 1. The minimum atomic E-state index is -0.145. The third-order valence-electron chi connectivity index (χ3n) is 3.28. The van der Waals surface area contributed by atoms with Crippen LogP contribution < -0.4 is 10.2 Å². The first-order valence-corrected chi connectivity index (χ1v) is 7.01. The SMILES string of the molecule is O=C(Nc1ccc(Cl)cc1)N1CCc2cc(Cl)ccc21. The fourth-order valence-corrected chi connectivity index (χ4v) is 2.63. The van der Waals surface area contributed by atoms with Crippen LogP contribution >= 0.6 is 23.2 Å². The Balaban J connectivity index is 1.78. The molecule has 20 heavy (non-hydrogen) atoms. The molecule has 1 heterocycles. The highest BCUT2D eigenvalue weighted by atomic mass is 35.5. The highest BCUT2D eigenvalue weighted by Crippen LogP contribution is 2.30. The average molecular weight is 307 g/mol. The van der Waals surface area contributed by atoms with Crippen molar-refractivity contribution in [1.29, 1.82) is 0 Å². The number of nitrogens with zero attached hydrogens (tertiary/aromatic N) is 1. The lowest BCUT2D eigenvalue weighted by atomic mass is 10.2.